The van der Waals surface area contributed by atoms with Gasteiger partial charge in [-0.05, 0) is 42.5 Å². The molecule has 2 aliphatic heterocycles. The number of hydrogen-bond acceptors (Lipinski definition) is 9. The van der Waals surface area contributed by atoms with Gasteiger partial charge in [0.1, 0.15) is 17.0 Å². The Labute approximate surface area is 218 Å². The second-order valence-electron chi connectivity index (χ2n) is 9.60. The van der Waals surface area contributed by atoms with Crippen molar-refractivity contribution in [3.05, 3.63) is 40.5 Å². The van der Waals surface area contributed by atoms with Gasteiger partial charge in [0.25, 0.3) is 0 Å². The van der Waals surface area contributed by atoms with Gasteiger partial charge in [-0.1, -0.05) is 17.8 Å². The number of carbonyl (C=O) groups excluding carboxylic acids is 2. The van der Waals surface area contributed by atoms with Crippen molar-refractivity contribution in [3.63, 3.8) is 0 Å². The minimum absolute atomic E-state index is 0.0340. The number of thioether (sulfide) groups is 1. The van der Waals surface area contributed by atoms with E-state index in [9.17, 15) is 9.59 Å². The van der Waals surface area contributed by atoms with E-state index in [0.717, 1.165) is 90.8 Å². The molecule has 2 aromatic heterocycles. The Kier molecular flexibility index (Phi) is 6.68. The summed E-state index contributed by atoms with van der Waals surface area (Å²) >= 11 is 3.00. The normalized spacial score (nSPS) is 20.0. The van der Waals surface area contributed by atoms with Crippen molar-refractivity contribution in [2.45, 2.75) is 30.6 Å². The number of nitrogens with one attached hydrogen (secondary N) is 1. The Bertz CT molecular complexity index is 1320. The van der Waals surface area contributed by atoms with Crippen LogP contribution in [0.15, 0.2) is 29.4 Å². The first kappa shape index (κ1) is 23.8. The van der Waals surface area contributed by atoms with E-state index in [1.54, 1.807) is 24.8 Å². The summed E-state index contributed by atoms with van der Waals surface area (Å²) in [4.78, 5) is 41.9. The highest BCUT2D eigenvalue weighted by Gasteiger charge is 2.33. The molecule has 0 saturated carbocycles. The monoisotopic (exact) mass is 523 g/mol. The predicted molar refractivity (Wildman–Crippen MR) is 142 cm³/mol. The number of benzene rings is 1. The van der Waals surface area contributed by atoms with Gasteiger partial charge in [0.15, 0.2) is 5.12 Å². The van der Waals surface area contributed by atoms with Crippen LogP contribution in [0.25, 0.3) is 10.2 Å². The zero-order valence-corrected chi connectivity index (χ0v) is 21.9. The van der Waals surface area contributed by atoms with Gasteiger partial charge in [0.2, 0.25) is 5.91 Å². The van der Waals surface area contributed by atoms with Gasteiger partial charge in [-0.15, -0.1) is 11.3 Å². The van der Waals surface area contributed by atoms with Crippen LogP contribution in [0.2, 0.25) is 0 Å². The molecule has 4 heterocycles. The van der Waals surface area contributed by atoms with Crippen LogP contribution in [0.5, 0.6) is 0 Å². The zero-order valence-electron chi connectivity index (χ0n) is 20.3. The van der Waals surface area contributed by atoms with Crippen LogP contribution >= 0.6 is 23.1 Å². The highest BCUT2D eigenvalue weighted by Crippen LogP contribution is 2.41. The van der Waals surface area contributed by atoms with Gasteiger partial charge in [-0.2, -0.15) is 0 Å². The van der Waals surface area contributed by atoms with Crippen molar-refractivity contribution >= 4 is 55.8 Å². The maximum absolute atomic E-state index is 13.3. The van der Waals surface area contributed by atoms with Crippen molar-refractivity contribution in [1.29, 1.82) is 0 Å². The lowest BCUT2D eigenvalue weighted by molar-refractivity contribution is -0.137. The van der Waals surface area contributed by atoms with E-state index in [-0.39, 0.29) is 11.0 Å². The summed E-state index contributed by atoms with van der Waals surface area (Å²) in [5.41, 5.74) is 3.28. The average Bonchev–Trinajstić information content (AvgIpc) is 3.46. The number of fused-ring (bicyclic) bond motifs is 4. The number of aryl methyl sites for hydroxylation is 1. The molecule has 10 heteroatoms. The molecule has 1 aromatic carbocycles. The Morgan fingerprint density at radius 3 is 2.92 bits per heavy atom. The van der Waals surface area contributed by atoms with E-state index in [0.29, 0.717) is 12.3 Å². The smallest absolute Gasteiger partial charge is 0.226 e. The second kappa shape index (κ2) is 10.1. The van der Waals surface area contributed by atoms with Gasteiger partial charge >= 0.3 is 0 Å². The number of carbonyl (C=O) groups is 2. The third-order valence-electron chi connectivity index (χ3n) is 7.38. The summed E-state index contributed by atoms with van der Waals surface area (Å²) in [6.07, 6.45) is 4.59. The van der Waals surface area contributed by atoms with Crippen molar-refractivity contribution < 1.29 is 14.3 Å². The molecule has 1 unspecified atom stereocenters. The minimum Gasteiger partial charge on any atom is -0.383 e. The summed E-state index contributed by atoms with van der Waals surface area (Å²) in [5, 5.41) is 4.73. The van der Waals surface area contributed by atoms with Crippen molar-refractivity contribution in [1.82, 2.24) is 19.8 Å². The number of nitrogens with zero attached hydrogens (tertiary/aromatic N) is 4. The van der Waals surface area contributed by atoms with E-state index in [1.807, 2.05) is 18.2 Å². The third-order valence-corrected chi connectivity index (χ3v) is 9.51. The second-order valence-corrected chi connectivity index (χ2v) is 11.8. The Morgan fingerprint density at radius 2 is 2.08 bits per heavy atom. The molecule has 1 fully saturated rings. The molecule has 36 heavy (non-hydrogen) atoms. The van der Waals surface area contributed by atoms with Crippen LogP contribution in [0, 0.1) is 5.92 Å². The van der Waals surface area contributed by atoms with Crippen molar-refractivity contribution in [3.8, 4) is 0 Å². The molecule has 188 valence electrons. The fourth-order valence-electron chi connectivity index (χ4n) is 5.41. The standard InChI is InChI=1S/C26H29N5O3S2/c1-34-11-10-30-6-8-31(9-7-30)26(33)17-3-5-19-21(12-17)36-25-23(19)24(27-15-28-25)29-18-4-2-16-13-22(32)35-20(16)14-18/h2,4,14-15,17H,3,5-13H2,1H3,(H,27,28,29). The number of aromatic nitrogens is 2. The van der Waals surface area contributed by atoms with Gasteiger partial charge in [0.05, 0.1) is 12.0 Å². The molecule has 1 aliphatic carbocycles. The molecule has 1 amide bonds. The van der Waals surface area contributed by atoms with Gasteiger partial charge < -0.3 is 15.0 Å². The fraction of sp³-hybridized carbons (Fsp3) is 0.462. The minimum atomic E-state index is 0.0340. The first-order valence-electron chi connectivity index (χ1n) is 12.4. The molecule has 1 N–H and O–H groups in total. The van der Waals surface area contributed by atoms with Crippen LogP contribution in [0.3, 0.4) is 0 Å². The number of ether oxygens (including phenoxy) is 1. The van der Waals surface area contributed by atoms with E-state index >= 15 is 0 Å². The molecule has 3 aliphatic rings. The molecular weight excluding hydrogens is 494 g/mol. The molecular formula is C26H29N5O3S2. The Balaban J connectivity index is 1.17. The molecule has 6 rings (SSSR count). The van der Waals surface area contributed by atoms with Crippen LogP contribution in [0.1, 0.15) is 22.4 Å². The summed E-state index contributed by atoms with van der Waals surface area (Å²) < 4.78 is 5.19. The number of thiophene rings is 1. The molecule has 3 aromatic rings. The van der Waals surface area contributed by atoms with Crippen molar-refractivity contribution in [2.75, 3.05) is 51.8 Å². The van der Waals surface area contributed by atoms with E-state index in [4.69, 9.17) is 4.74 Å². The number of rotatable bonds is 6. The summed E-state index contributed by atoms with van der Waals surface area (Å²) in [6.45, 7) is 5.07. The highest BCUT2D eigenvalue weighted by atomic mass is 32.2. The van der Waals surface area contributed by atoms with Gasteiger partial charge in [0, 0.05) is 67.6 Å². The van der Waals surface area contributed by atoms with E-state index in [1.165, 1.54) is 22.2 Å². The maximum Gasteiger partial charge on any atom is 0.226 e. The molecule has 0 radical (unpaired) electrons. The molecule has 1 saturated heterocycles. The van der Waals surface area contributed by atoms with E-state index < -0.39 is 0 Å². The predicted octanol–water partition coefficient (Wildman–Crippen LogP) is 3.51. The summed E-state index contributed by atoms with van der Waals surface area (Å²) in [6, 6.07) is 6.06. The number of anilines is 2. The average molecular weight is 524 g/mol. The van der Waals surface area contributed by atoms with Crippen LogP contribution < -0.4 is 5.32 Å². The lowest BCUT2D eigenvalue weighted by Crippen LogP contribution is -2.51. The van der Waals surface area contributed by atoms with E-state index in [2.05, 4.69) is 25.1 Å². The number of methoxy groups -OCH3 is 1. The van der Waals surface area contributed by atoms with Crippen molar-refractivity contribution in [2.24, 2.45) is 5.92 Å². The Hall–Kier alpha value is -2.53. The summed E-state index contributed by atoms with van der Waals surface area (Å²) in [7, 11) is 1.73. The summed E-state index contributed by atoms with van der Waals surface area (Å²) in [5.74, 6) is 1.12. The highest BCUT2D eigenvalue weighted by molar-refractivity contribution is 8.14. The number of hydrogen-bond donors (Lipinski definition) is 1. The maximum atomic E-state index is 13.3. The lowest BCUT2D eigenvalue weighted by atomic mass is 9.86. The fourth-order valence-corrected chi connectivity index (χ4v) is 7.61. The molecule has 1 atom stereocenters. The SMILES string of the molecule is COCCN1CCN(C(=O)C2CCc3c(sc4ncnc(Nc5ccc6c(c5)SC(=O)C6)c34)C2)CC1. The van der Waals surface area contributed by atoms with Crippen LogP contribution in [-0.2, 0) is 33.6 Å². The first-order valence-corrected chi connectivity index (χ1v) is 14.1. The number of piperazine rings is 1. The van der Waals surface area contributed by atoms with Crippen LogP contribution in [0.4, 0.5) is 11.5 Å². The topological polar surface area (TPSA) is 87.7 Å². The Morgan fingerprint density at radius 1 is 1.22 bits per heavy atom. The lowest BCUT2D eigenvalue weighted by Gasteiger charge is -2.37. The molecule has 8 nitrogen and oxygen atoms in total. The number of amides is 1. The van der Waals surface area contributed by atoms with Crippen LogP contribution in [-0.4, -0.2) is 77.2 Å². The molecule has 0 spiro atoms. The zero-order chi connectivity index (χ0) is 24.6. The van der Waals surface area contributed by atoms with Gasteiger partial charge in [-0.25, -0.2) is 9.97 Å². The molecule has 0 bridgehead atoms. The third kappa shape index (κ3) is 4.63. The largest absolute Gasteiger partial charge is 0.383 e. The quantitative estimate of drug-likeness (QED) is 0.525. The van der Waals surface area contributed by atoms with Gasteiger partial charge in [-0.3, -0.25) is 14.5 Å². The first-order chi connectivity index (χ1) is 17.6.